The maximum atomic E-state index is 12.2. The Hall–Kier alpha value is -3.02. The molecule has 1 heterocycles. The van der Waals surface area contributed by atoms with E-state index in [4.69, 9.17) is 9.47 Å². The second-order valence-electron chi connectivity index (χ2n) is 6.12. The number of carbonyl (C=O) groups excluding carboxylic acids is 2. The summed E-state index contributed by atoms with van der Waals surface area (Å²) in [5.74, 6) is 1.05. The molecule has 26 heavy (non-hydrogen) atoms. The molecule has 1 N–H and O–H groups in total. The Labute approximate surface area is 152 Å². The molecule has 0 unspecified atom stereocenters. The van der Waals surface area contributed by atoms with Crippen molar-refractivity contribution in [3.05, 3.63) is 53.6 Å². The van der Waals surface area contributed by atoms with Crippen molar-refractivity contribution in [2.24, 2.45) is 0 Å². The number of amides is 2. The molecule has 0 aliphatic carbocycles. The molecule has 1 aliphatic heterocycles. The Morgan fingerprint density at radius 2 is 1.85 bits per heavy atom. The molecule has 0 aromatic heterocycles. The van der Waals surface area contributed by atoms with Gasteiger partial charge in [-0.3, -0.25) is 9.59 Å². The smallest absolute Gasteiger partial charge is 0.251 e. The topological polar surface area (TPSA) is 67.9 Å². The van der Waals surface area contributed by atoms with E-state index in [2.05, 4.69) is 5.32 Å². The first-order valence-electron chi connectivity index (χ1n) is 8.57. The van der Waals surface area contributed by atoms with E-state index in [9.17, 15) is 9.59 Å². The van der Waals surface area contributed by atoms with Crippen molar-refractivity contribution in [1.29, 1.82) is 0 Å². The number of hydrogen-bond donors (Lipinski definition) is 1. The molecule has 0 fully saturated rings. The first-order chi connectivity index (χ1) is 12.5. The molecule has 0 saturated heterocycles. The van der Waals surface area contributed by atoms with Crippen LogP contribution in [0, 0.1) is 6.92 Å². The van der Waals surface area contributed by atoms with Crippen LogP contribution in [0.4, 0.5) is 5.69 Å². The zero-order valence-electron chi connectivity index (χ0n) is 15.0. The molecule has 0 bridgehead atoms. The predicted molar refractivity (Wildman–Crippen MR) is 99.0 cm³/mol. The minimum atomic E-state index is -0.153. The van der Waals surface area contributed by atoms with Gasteiger partial charge >= 0.3 is 0 Å². The van der Waals surface area contributed by atoms with Gasteiger partial charge in [0.15, 0.2) is 11.5 Å². The number of nitrogens with zero attached hydrogens (tertiary/aromatic N) is 1. The summed E-state index contributed by atoms with van der Waals surface area (Å²) >= 11 is 0. The third-order valence-electron chi connectivity index (χ3n) is 4.12. The molecular weight excluding hydrogens is 332 g/mol. The van der Waals surface area contributed by atoms with Crippen LogP contribution in [0.2, 0.25) is 0 Å². The summed E-state index contributed by atoms with van der Waals surface area (Å²) in [7, 11) is 0. The average Bonchev–Trinajstić information content (AvgIpc) is 2.64. The van der Waals surface area contributed by atoms with Crippen molar-refractivity contribution in [3.63, 3.8) is 0 Å². The van der Waals surface area contributed by atoms with Crippen LogP contribution in [0.1, 0.15) is 22.8 Å². The number of aryl methyl sites for hydroxylation is 1. The van der Waals surface area contributed by atoms with Crippen LogP contribution in [-0.2, 0) is 4.79 Å². The molecule has 3 rings (SSSR count). The van der Waals surface area contributed by atoms with Crippen molar-refractivity contribution < 1.29 is 19.1 Å². The molecule has 2 aromatic rings. The number of anilines is 1. The van der Waals surface area contributed by atoms with Crippen LogP contribution in [0.5, 0.6) is 11.5 Å². The molecule has 6 heteroatoms. The number of nitrogens with one attached hydrogen (secondary N) is 1. The highest BCUT2D eigenvalue weighted by Gasteiger charge is 2.17. The lowest BCUT2D eigenvalue weighted by Crippen LogP contribution is -2.37. The molecule has 0 radical (unpaired) electrons. The van der Waals surface area contributed by atoms with Crippen LogP contribution in [-0.4, -0.2) is 38.1 Å². The third-order valence-corrected chi connectivity index (χ3v) is 4.12. The molecule has 0 saturated carbocycles. The number of fused-ring (bicyclic) bond motifs is 1. The van der Waals surface area contributed by atoms with Gasteiger partial charge in [-0.2, -0.15) is 0 Å². The summed E-state index contributed by atoms with van der Waals surface area (Å²) in [5, 5.41) is 2.85. The SMILES string of the molecule is CC(=O)N(CCNC(=O)c1cccc(C)c1)c1ccc2c(c1)OCCO2. The summed E-state index contributed by atoms with van der Waals surface area (Å²) < 4.78 is 11.1. The van der Waals surface area contributed by atoms with Gasteiger partial charge in [0.2, 0.25) is 5.91 Å². The number of ether oxygens (including phenoxy) is 2. The van der Waals surface area contributed by atoms with Crippen molar-refractivity contribution in [2.75, 3.05) is 31.2 Å². The summed E-state index contributed by atoms with van der Waals surface area (Å²) in [6.45, 7) is 5.17. The second kappa shape index (κ2) is 7.91. The van der Waals surface area contributed by atoms with Crippen molar-refractivity contribution in [3.8, 4) is 11.5 Å². The van der Waals surface area contributed by atoms with Crippen LogP contribution in [0.25, 0.3) is 0 Å². The van der Waals surface area contributed by atoms with Crippen LogP contribution < -0.4 is 19.7 Å². The van der Waals surface area contributed by atoms with E-state index >= 15 is 0 Å². The predicted octanol–water partition coefficient (Wildman–Crippen LogP) is 2.55. The van der Waals surface area contributed by atoms with Gasteiger partial charge in [-0.1, -0.05) is 17.7 Å². The Morgan fingerprint density at radius 1 is 1.08 bits per heavy atom. The van der Waals surface area contributed by atoms with E-state index in [0.29, 0.717) is 49.1 Å². The minimum absolute atomic E-state index is 0.105. The Balaban J connectivity index is 1.64. The number of hydrogen-bond acceptors (Lipinski definition) is 4. The van der Waals surface area contributed by atoms with Crippen molar-refractivity contribution in [1.82, 2.24) is 5.32 Å². The standard InChI is InChI=1S/C20H22N2O4/c1-14-4-3-5-16(12-14)20(24)21-8-9-22(15(2)23)17-6-7-18-19(13-17)26-11-10-25-18/h3-7,12-13H,8-11H2,1-2H3,(H,21,24). The summed E-state index contributed by atoms with van der Waals surface area (Å²) in [6, 6.07) is 12.8. The second-order valence-corrected chi connectivity index (χ2v) is 6.12. The highest BCUT2D eigenvalue weighted by molar-refractivity contribution is 5.95. The van der Waals surface area contributed by atoms with Gasteiger partial charge in [0.25, 0.3) is 5.91 Å². The van der Waals surface area contributed by atoms with Gasteiger partial charge in [0.1, 0.15) is 13.2 Å². The molecule has 6 nitrogen and oxygen atoms in total. The van der Waals surface area contributed by atoms with E-state index in [1.54, 1.807) is 23.1 Å². The van der Waals surface area contributed by atoms with Gasteiger partial charge in [-0.05, 0) is 31.2 Å². The lowest BCUT2D eigenvalue weighted by atomic mass is 10.1. The molecular formula is C20H22N2O4. The highest BCUT2D eigenvalue weighted by Crippen LogP contribution is 2.33. The van der Waals surface area contributed by atoms with Crippen molar-refractivity contribution in [2.45, 2.75) is 13.8 Å². The maximum absolute atomic E-state index is 12.2. The van der Waals surface area contributed by atoms with Crippen LogP contribution in [0.15, 0.2) is 42.5 Å². The Kier molecular flexibility index (Phi) is 5.41. The molecule has 136 valence electrons. The third kappa shape index (κ3) is 4.14. The minimum Gasteiger partial charge on any atom is -0.486 e. The first-order valence-corrected chi connectivity index (χ1v) is 8.57. The quantitative estimate of drug-likeness (QED) is 0.896. The van der Waals surface area contributed by atoms with E-state index in [1.165, 1.54) is 6.92 Å². The van der Waals surface area contributed by atoms with Crippen LogP contribution >= 0.6 is 0 Å². The summed E-state index contributed by atoms with van der Waals surface area (Å²) in [4.78, 5) is 25.9. The van der Waals surface area contributed by atoms with Crippen LogP contribution in [0.3, 0.4) is 0 Å². The number of carbonyl (C=O) groups is 2. The maximum Gasteiger partial charge on any atom is 0.251 e. The molecule has 2 amide bonds. The molecule has 2 aromatic carbocycles. The van der Waals surface area contributed by atoms with Crippen molar-refractivity contribution >= 4 is 17.5 Å². The Morgan fingerprint density at radius 3 is 2.58 bits per heavy atom. The van der Waals surface area contributed by atoms with E-state index < -0.39 is 0 Å². The average molecular weight is 354 g/mol. The fourth-order valence-electron chi connectivity index (χ4n) is 2.84. The van der Waals surface area contributed by atoms with Gasteiger partial charge < -0.3 is 19.7 Å². The lowest BCUT2D eigenvalue weighted by Gasteiger charge is -2.24. The van der Waals surface area contributed by atoms with Gasteiger partial charge in [-0.25, -0.2) is 0 Å². The van der Waals surface area contributed by atoms with Gasteiger partial charge in [-0.15, -0.1) is 0 Å². The zero-order valence-corrected chi connectivity index (χ0v) is 15.0. The molecule has 0 atom stereocenters. The fraction of sp³-hybridized carbons (Fsp3) is 0.300. The molecule has 0 spiro atoms. The highest BCUT2D eigenvalue weighted by atomic mass is 16.6. The summed E-state index contributed by atoms with van der Waals surface area (Å²) in [5.41, 5.74) is 2.35. The number of benzene rings is 2. The largest absolute Gasteiger partial charge is 0.486 e. The first kappa shape index (κ1) is 17.8. The van der Waals surface area contributed by atoms with E-state index in [0.717, 1.165) is 5.56 Å². The fourth-order valence-corrected chi connectivity index (χ4v) is 2.84. The lowest BCUT2D eigenvalue weighted by molar-refractivity contribution is -0.116. The zero-order chi connectivity index (χ0) is 18.5. The monoisotopic (exact) mass is 354 g/mol. The van der Waals surface area contributed by atoms with E-state index in [-0.39, 0.29) is 11.8 Å². The van der Waals surface area contributed by atoms with Gasteiger partial charge in [0, 0.05) is 37.3 Å². The number of rotatable bonds is 5. The Bertz CT molecular complexity index is 819. The summed E-state index contributed by atoms with van der Waals surface area (Å²) in [6.07, 6.45) is 0. The normalized spacial score (nSPS) is 12.4. The van der Waals surface area contributed by atoms with E-state index in [1.807, 2.05) is 31.2 Å². The molecule has 1 aliphatic rings. The van der Waals surface area contributed by atoms with Gasteiger partial charge in [0.05, 0.1) is 0 Å².